The maximum absolute atomic E-state index is 12.9. The Morgan fingerprint density at radius 2 is 2.00 bits per heavy atom. The first-order chi connectivity index (χ1) is 12.4. The number of hydrogen-bond donors (Lipinski definition) is 2. The summed E-state index contributed by atoms with van der Waals surface area (Å²) in [6, 6.07) is 7.88. The van der Waals surface area contributed by atoms with E-state index < -0.39 is 12.0 Å². The summed E-state index contributed by atoms with van der Waals surface area (Å²) in [4.78, 5) is 9.57. The molecule has 0 radical (unpaired) electrons. The quantitative estimate of drug-likeness (QED) is 0.809. The van der Waals surface area contributed by atoms with E-state index >= 15 is 0 Å². The average molecular weight is 400 g/mol. The number of nitrogens with one attached hydrogen (secondary N) is 2. The van der Waals surface area contributed by atoms with Crippen LogP contribution in [0.25, 0.3) is 0 Å². The van der Waals surface area contributed by atoms with Crippen molar-refractivity contribution < 1.29 is 13.2 Å². The SMILES string of the molecule is Cc1cc(Nc2ccc3c(c2)CCN2CCNCC32)nc(C(F)(F)F)n1.Cl. The largest absolute Gasteiger partial charge is 0.451 e. The van der Waals surface area contributed by atoms with Crippen LogP contribution in [0.5, 0.6) is 0 Å². The second-order valence-corrected chi connectivity index (χ2v) is 6.76. The third-order valence-electron chi connectivity index (χ3n) is 4.90. The van der Waals surface area contributed by atoms with E-state index in [2.05, 4.69) is 31.6 Å². The number of anilines is 2. The summed E-state index contributed by atoms with van der Waals surface area (Å²) in [6.45, 7) is 5.53. The van der Waals surface area contributed by atoms with E-state index in [0.29, 0.717) is 6.04 Å². The molecule has 0 spiro atoms. The molecular formula is C18H21ClF3N5. The summed E-state index contributed by atoms with van der Waals surface area (Å²) in [5.74, 6) is -0.969. The van der Waals surface area contributed by atoms with Crippen LogP contribution in [0.15, 0.2) is 24.3 Å². The van der Waals surface area contributed by atoms with Crippen LogP contribution in [0.3, 0.4) is 0 Å². The third-order valence-corrected chi connectivity index (χ3v) is 4.90. The summed E-state index contributed by atoms with van der Waals surface area (Å²) in [6.07, 6.45) is -3.62. The minimum Gasteiger partial charge on any atom is -0.340 e. The molecule has 1 fully saturated rings. The molecule has 0 bridgehead atoms. The van der Waals surface area contributed by atoms with Crippen LogP contribution in [0.1, 0.15) is 28.7 Å². The van der Waals surface area contributed by atoms with Crippen molar-refractivity contribution in [3.8, 4) is 0 Å². The molecular weight excluding hydrogens is 379 g/mol. The van der Waals surface area contributed by atoms with E-state index in [1.165, 1.54) is 24.1 Å². The fourth-order valence-corrected chi connectivity index (χ4v) is 3.72. The molecule has 5 nitrogen and oxygen atoms in total. The average Bonchev–Trinajstić information content (AvgIpc) is 2.60. The number of rotatable bonds is 2. The standard InChI is InChI=1S/C18H20F3N5.ClH/c1-11-8-16(25-17(23-11)18(19,20)21)24-13-2-3-14-12(9-13)4-6-26-7-5-22-10-15(14)26;/h2-3,8-9,15,22H,4-7,10H2,1H3,(H,23,24,25);1H. The topological polar surface area (TPSA) is 53.1 Å². The zero-order valence-electron chi connectivity index (χ0n) is 14.8. The van der Waals surface area contributed by atoms with Gasteiger partial charge in [-0.1, -0.05) is 6.07 Å². The summed E-state index contributed by atoms with van der Waals surface area (Å²) >= 11 is 0. The molecule has 1 saturated heterocycles. The molecule has 4 rings (SSSR count). The van der Waals surface area contributed by atoms with Gasteiger partial charge in [-0.2, -0.15) is 13.2 Å². The van der Waals surface area contributed by atoms with Gasteiger partial charge in [0.1, 0.15) is 5.82 Å². The molecule has 0 aliphatic carbocycles. The van der Waals surface area contributed by atoms with Crippen molar-refractivity contribution in [1.29, 1.82) is 0 Å². The maximum atomic E-state index is 12.9. The Balaban J connectivity index is 0.00000210. The molecule has 2 N–H and O–H groups in total. The van der Waals surface area contributed by atoms with Crippen molar-refractivity contribution >= 4 is 23.9 Å². The lowest BCUT2D eigenvalue weighted by Crippen LogP contribution is -2.48. The number of aromatic nitrogens is 2. The van der Waals surface area contributed by atoms with Gasteiger partial charge in [-0.25, -0.2) is 9.97 Å². The molecule has 27 heavy (non-hydrogen) atoms. The van der Waals surface area contributed by atoms with Crippen molar-refractivity contribution in [2.45, 2.75) is 25.6 Å². The van der Waals surface area contributed by atoms with Crippen molar-refractivity contribution in [1.82, 2.24) is 20.2 Å². The van der Waals surface area contributed by atoms with Gasteiger partial charge in [-0.05, 0) is 36.6 Å². The van der Waals surface area contributed by atoms with Gasteiger partial charge in [-0.15, -0.1) is 12.4 Å². The van der Waals surface area contributed by atoms with Gasteiger partial charge in [-0.3, -0.25) is 4.90 Å². The van der Waals surface area contributed by atoms with E-state index in [1.807, 2.05) is 12.1 Å². The Labute approximate surface area is 161 Å². The predicted octanol–water partition coefficient (Wildman–Crippen LogP) is 3.47. The van der Waals surface area contributed by atoms with Gasteiger partial charge in [0.2, 0.25) is 5.82 Å². The van der Waals surface area contributed by atoms with Gasteiger partial charge >= 0.3 is 6.18 Å². The number of alkyl halides is 3. The summed E-state index contributed by atoms with van der Waals surface area (Å²) in [5.41, 5.74) is 3.55. The molecule has 9 heteroatoms. The zero-order valence-corrected chi connectivity index (χ0v) is 15.6. The van der Waals surface area contributed by atoms with Gasteiger partial charge in [0.05, 0.1) is 0 Å². The number of hydrogen-bond acceptors (Lipinski definition) is 5. The molecule has 2 aliphatic rings. The van der Waals surface area contributed by atoms with Crippen LogP contribution in [-0.2, 0) is 12.6 Å². The van der Waals surface area contributed by atoms with Gasteiger partial charge in [0, 0.05) is 49.7 Å². The smallest absolute Gasteiger partial charge is 0.340 e. The fourth-order valence-electron chi connectivity index (χ4n) is 3.72. The summed E-state index contributed by atoms with van der Waals surface area (Å²) < 4.78 is 38.7. The third kappa shape index (κ3) is 4.17. The maximum Gasteiger partial charge on any atom is 0.451 e. The first-order valence-corrected chi connectivity index (χ1v) is 8.67. The minimum atomic E-state index is -4.56. The molecule has 1 aromatic heterocycles. The highest BCUT2D eigenvalue weighted by molar-refractivity contribution is 5.85. The van der Waals surface area contributed by atoms with Gasteiger partial charge < -0.3 is 10.6 Å². The molecule has 146 valence electrons. The van der Waals surface area contributed by atoms with Crippen LogP contribution in [0.2, 0.25) is 0 Å². The monoisotopic (exact) mass is 399 g/mol. The normalized spacial score (nSPS) is 19.6. The van der Waals surface area contributed by atoms with E-state index in [-0.39, 0.29) is 23.9 Å². The second kappa shape index (κ2) is 7.61. The number of aryl methyl sites for hydroxylation is 1. The molecule has 1 unspecified atom stereocenters. The van der Waals surface area contributed by atoms with E-state index in [9.17, 15) is 13.2 Å². The predicted molar refractivity (Wildman–Crippen MR) is 99.6 cm³/mol. The Morgan fingerprint density at radius 1 is 1.19 bits per heavy atom. The molecule has 2 aromatic rings. The van der Waals surface area contributed by atoms with Crippen molar-refractivity contribution in [2.75, 3.05) is 31.5 Å². The summed E-state index contributed by atoms with van der Waals surface area (Å²) in [5, 5.41) is 6.42. The highest BCUT2D eigenvalue weighted by Gasteiger charge is 2.35. The van der Waals surface area contributed by atoms with Gasteiger partial charge in [0.15, 0.2) is 0 Å². The number of fused-ring (bicyclic) bond motifs is 3. The highest BCUT2D eigenvalue weighted by Crippen LogP contribution is 2.33. The molecule has 1 aromatic carbocycles. The lowest BCUT2D eigenvalue weighted by Gasteiger charge is -2.41. The zero-order chi connectivity index (χ0) is 18.3. The first-order valence-electron chi connectivity index (χ1n) is 8.67. The fraction of sp³-hybridized carbons (Fsp3) is 0.444. The molecule has 0 saturated carbocycles. The Hall–Kier alpha value is -1.90. The summed E-state index contributed by atoms with van der Waals surface area (Å²) in [7, 11) is 0. The van der Waals surface area contributed by atoms with E-state index in [4.69, 9.17) is 0 Å². The van der Waals surface area contributed by atoms with Crippen LogP contribution in [0, 0.1) is 6.92 Å². The Kier molecular flexibility index (Phi) is 5.60. The van der Waals surface area contributed by atoms with Crippen molar-refractivity contribution in [3.63, 3.8) is 0 Å². The van der Waals surface area contributed by atoms with Crippen LogP contribution < -0.4 is 10.6 Å². The molecule has 1 atom stereocenters. The lowest BCUT2D eigenvalue weighted by atomic mass is 9.91. The minimum absolute atomic E-state index is 0. The van der Waals surface area contributed by atoms with E-state index in [1.54, 1.807) is 0 Å². The van der Waals surface area contributed by atoms with Crippen LogP contribution in [-0.4, -0.2) is 41.0 Å². The number of piperazine rings is 1. The van der Waals surface area contributed by atoms with Gasteiger partial charge in [0.25, 0.3) is 0 Å². The van der Waals surface area contributed by atoms with E-state index in [0.717, 1.165) is 38.3 Å². The van der Waals surface area contributed by atoms with Crippen molar-refractivity contribution in [2.24, 2.45) is 0 Å². The number of nitrogens with zero attached hydrogens (tertiary/aromatic N) is 3. The Bertz CT molecular complexity index is 827. The lowest BCUT2D eigenvalue weighted by molar-refractivity contribution is -0.145. The Morgan fingerprint density at radius 3 is 2.78 bits per heavy atom. The molecule has 0 amide bonds. The molecule has 2 aliphatic heterocycles. The number of benzene rings is 1. The second-order valence-electron chi connectivity index (χ2n) is 6.76. The first kappa shape index (κ1) is 19.9. The van der Waals surface area contributed by atoms with Crippen molar-refractivity contribution in [3.05, 3.63) is 46.9 Å². The van der Waals surface area contributed by atoms with Crippen LogP contribution >= 0.6 is 12.4 Å². The van der Waals surface area contributed by atoms with Crippen LogP contribution in [0.4, 0.5) is 24.7 Å². The number of halogens is 4. The highest BCUT2D eigenvalue weighted by atomic mass is 35.5. The molecule has 3 heterocycles.